The number of ether oxygens (including phenoxy) is 3. The van der Waals surface area contributed by atoms with Gasteiger partial charge in [-0.2, -0.15) is 5.10 Å². The first-order valence-corrected chi connectivity index (χ1v) is 10.8. The Balaban J connectivity index is 1.49. The Morgan fingerprint density at radius 1 is 1.00 bits per heavy atom. The fourth-order valence-corrected chi connectivity index (χ4v) is 3.40. The molecule has 0 bridgehead atoms. The number of nitrogens with two attached hydrogens (primary N) is 1. The molecular formula is C25H25N5O5. The lowest BCUT2D eigenvalue weighted by molar-refractivity contribution is -0.141. The van der Waals surface area contributed by atoms with Crippen molar-refractivity contribution in [2.24, 2.45) is 0 Å². The van der Waals surface area contributed by atoms with Gasteiger partial charge in [0, 0.05) is 18.2 Å². The number of carbonyl (C=O) groups excluding carboxylic acids is 2. The van der Waals surface area contributed by atoms with Crippen LogP contribution in [0.1, 0.15) is 12.5 Å². The highest BCUT2D eigenvalue weighted by molar-refractivity contribution is 5.94. The first kappa shape index (κ1) is 23.4. The maximum Gasteiger partial charge on any atom is 0.411 e. The van der Waals surface area contributed by atoms with E-state index in [2.05, 4.69) is 15.7 Å². The Labute approximate surface area is 201 Å². The fourth-order valence-electron chi connectivity index (χ4n) is 3.40. The molecule has 10 heteroatoms. The number of fused-ring (bicyclic) bond motifs is 1. The molecule has 35 heavy (non-hydrogen) atoms. The number of aryl methyl sites for hydroxylation is 1. The lowest BCUT2D eigenvalue weighted by atomic mass is 10.2. The minimum absolute atomic E-state index is 0.0131. The summed E-state index contributed by atoms with van der Waals surface area (Å²) >= 11 is 0. The predicted molar refractivity (Wildman–Crippen MR) is 132 cm³/mol. The second-order valence-corrected chi connectivity index (χ2v) is 7.60. The number of nitrogens with zero attached hydrogens (tertiary/aromatic N) is 2. The molecule has 0 aliphatic heterocycles. The molecule has 0 aliphatic carbocycles. The Morgan fingerprint density at radius 2 is 1.69 bits per heavy atom. The molecular weight excluding hydrogens is 450 g/mol. The number of carbonyl (C=O) groups is 2. The summed E-state index contributed by atoms with van der Waals surface area (Å²) in [5.41, 5.74) is 10.1. The second-order valence-electron chi connectivity index (χ2n) is 7.60. The molecule has 2 aromatic carbocycles. The fraction of sp³-hybridized carbons (Fsp3) is 0.160. The average Bonchev–Trinajstić information content (AvgIpc) is 3.15. The van der Waals surface area contributed by atoms with E-state index >= 15 is 0 Å². The number of aromatic nitrogens is 2. The second kappa shape index (κ2) is 10.5. The van der Waals surface area contributed by atoms with Crippen molar-refractivity contribution in [2.75, 3.05) is 29.6 Å². The Kier molecular flexibility index (Phi) is 7.01. The van der Waals surface area contributed by atoms with Crippen molar-refractivity contribution < 1.29 is 23.8 Å². The summed E-state index contributed by atoms with van der Waals surface area (Å²) in [6.07, 6.45) is 2.52. The molecule has 2 aromatic heterocycles. The first-order valence-electron chi connectivity index (χ1n) is 10.8. The van der Waals surface area contributed by atoms with E-state index in [0.717, 1.165) is 17.0 Å². The van der Waals surface area contributed by atoms with Crippen LogP contribution in [0.4, 0.5) is 27.5 Å². The predicted octanol–water partition coefficient (Wildman–Crippen LogP) is 4.87. The van der Waals surface area contributed by atoms with E-state index in [0.29, 0.717) is 28.3 Å². The summed E-state index contributed by atoms with van der Waals surface area (Å²) < 4.78 is 17.3. The van der Waals surface area contributed by atoms with Gasteiger partial charge in [0.2, 0.25) is 0 Å². The van der Waals surface area contributed by atoms with E-state index in [-0.39, 0.29) is 13.2 Å². The topological polar surface area (TPSA) is 129 Å². The summed E-state index contributed by atoms with van der Waals surface area (Å²) in [5.74, 6) is 1.01. The monoisotopic (exact) mass is 475 g/mol. The minimum atomic E-state index is -0.673. The third-order valence-corrected chi connectivity index (χ3v) is 5.05. The third-order valence-electron chi connectivity index (χ3n) is 5.05. The number of para-hydroxylation sites is 1. The lowest BCUT2D eigenvalue weighted by Crippen LogP contribution is -2.17. The molecule has 2 heterocycles. The van der Waals surface area contributed by atoms with E-state index in [1.807, 2.05) is 61.5 Å². The summed E-state index contributed by atoms with van der Waals surface area (Å²) in [4.78, 5) is 22.9. The molecule has 0 atom stereocenters. The molecule has 0 radical (unpaired) electrons. The SMILES string of the molecule is CC(=O)OCCOC(=O)Nc1cn2ncc(N)c(Nc3ccc(Oc4ccccc4)cc3)c2c1C. The molecule has 0 fully saturated rings. The van der Waals surface area contributed by atoms with Crippen LogP contribution < -0.4 is 21.1 Å². The molecule has 180 valence electrons. The van der Waals surface area contributed by atoms with E-state index in [4.69, 9.17) is 19.9 Å². The molecule has 0 saturated carbocycles. The van der Waals surface area contributed by atoms with Crippen LogP contribution in [-0.2, 0) is 14.3 Å². The minimum Gasteiger partial charge on any atom is -0.462 e. The zero-order chi connectivity index (χ0) is 24.8. The highest BCUT2D eigenvalue weighted by Crippen LogP contribution is 2.34. The standard InChI is InChI=1S/C25H25N5O5/c1-16-22(29-25(32)34-13-12-33-17(2)31)15-30-24(16)23(21(26)14-27-30)28-18-8-10-20(11-9-18)35-19-6-4-3-5-7-19/h3-11,14-15,28H,12-13,26H2,1-2H3,(H,29,32). The average molecular weight is 476 g/mol. The van der Waals surface area contributed by atoms with Crippen LogP contribution in [-0.4, -0.2) is 34.9 Å². The normalized spacial score (nSPS) is 10.6. The van der Waals surface area contributed by atoms with Crippen molar-refractivity contribution in [2.45, 2.75) is 13.8 Å². The Hall–Kier alpha value is -4.73. The number of benzene rings is 2. The lowest BCUT2D eigenvalue weighted by Gasteiger charge is -2.13. The van der Waals surface area contributed by atoms with E-state index in [1.165, 1.54) is 13.1 Å². The van der Waals surface area contributed by atoms with Gasteiger partial charge in [-0.25, -0.2) is 9.31 Å². The zero-order valence-electron chi connectivity index (χ0n) is 19.3. The van der Waals surface area contributed by atoms with Gasteiger partial charge >= 0.3 is 12.1 Å². The van der Waals surface area contributed by atoms with Gasteiger partial charge in [-0.15, -0.1) is 0 Å². The number of hydrogen-bond acceptors (Lipinski definition) is 8. The van der Waals surface area contributed by atoms with Crippen LogP contribution in [0.2, 0.25) is 0 Å². The summed E-state index contributed by atoms with van der Waals surface area (Å²) in [5, 5.41) is 10.3. The van der Waals surface area contributed by atoms with Crippen molar-refractivity contribution >= 4 is 40.3 Å². The van der Waals surface area contributed by atoms with Crippen LogP contribution in [0.25, 0.3) is 5.52 Å². The summed E-state index contributed by atoms with van der Waals surface area (Å²) in [6, 6.07) is 17.0. The first-order chi connectivity index (χ1) is 16.9. The number of anilines is 4. The summed E-state index contributed by atoms with van der Waals surface area (Å²) in [6.45, 7) is 3.06. The highest BCUT2D eigenvalue weighted by Gasteiger charge is 2.17. The largest absolute Gasteiger partial charge is 0.462 e. The van der Waals surface area contributed by atoms with Gasteiger partial charge in [0.15, 0.2) is 0 Å². The molecule has 0 unspecified atom stereocenters. The maximum absolute atomic E-state index is 12.1. The van der Waals surface area contributed by atoms with Gasteiger partial charge in [0.1, 0.15) is 24.7 Å². The van der Waals surface area contributed by atoms with Crippen LogP contribution in [0.5, 0.6) is 11.5 Å². The molecule has 0 saturated heterocycles. The van der Waals surface area contributed by atoms with Crippen LogP contribution >= 0.6 is 0 Å². The van der Waals surface area contributed by atoms with E-state index < -0.39 is 12.1 Å². The van der Waals surface area contributed by atoms with Gasteiger partial charge in [-0.05, 0) is 43.3 Å². The number of nitrogen functional groups attached to an aromatic ring is 1. The number of nitrogens with one attached hydrogen (secondary N) is 2. The van der Waals surface area contributed by atoms with Gasteiger partial charge in [-0.3, -0.25) is 10.1 Å². The Morgan fingerprint density at radius 3 is 2.40 bits per heavy atom. The quantitative estimate of drug-likeness (QED) is 0.243. The van der Waals surface area contributed by atoms with Crippen LogP contribution in [0, 0.1) is 6.92 Å². The van der Waals surface area contributed by atoms with Crippen molar-refractivity contribution in [3.05, 3.63) is 72.6 Å². The van der Waals surface area contributed by atoms with Gasteiger partial charge < -0.3 is 25.3 Å². The van der Waals surface area contributed by atoms with Crippen molar-refractivity contribution in [1.29, 1.82) is 0 Å². The molecule has 4 N–H and O–H groups in total. The Bertz CT molecular complexity index is 1340. The van der Waals surface area contributed by atoms with Gasteiger partial charge in [0.05, 0.1) is 35.0 Å². The molecule has 0 spiro atoms. The van der Waals surface area contributed by atoms with E-state index in [1.54, 1.807) is 10.7 Å². The van der Waals surface area contributed by atoms with Crippen molar-refractivity contribution in [3.63, 3.8) is 0 Å². The molecule has 0 aliphatic rings. The summed E-state index contributed by atoms with van der Waals surface area (Å²) in [7, 11) is 0. The maximum atomic E-state index is 12.1. The highest BCUT2D eigenvalue weighted by atomic mass is 16.6. The van der Waals surface area contributed by atoms with Crippen LogP contribution in [0.15, 0.2) is 67.0 Å². The molecule has 4 aromatic rings. The van der Waals surface area contributed by atoms with Crippen LogP contribution in [0.3, 0.4) is 0 Å². The van der Waals surface area contributed by atoms with Crippen molar-refractivity contribution in [3.8, 4) is 11.5 Å². The zero-order valence-corrected chi connectivity index (χ0v) is 19.3. The molecule has 4 rings (SSSR count). The number of amides is 1. The number of esters is 1. The third kappa shape index (κ3) is 5.80. The number of hydrogen-bond donors (Lipinski definition) is 3. The van der Waals surface area contributed by atoms with Gasteiger partial charge in [-0.1, -0.05) is 18.2 Å². The van der Waals surface area contributed by atoms with Crippen molar-refractivity contribution in [1.82, 2.24) is 9.61 Å². The van der Waals surface area contributed by atoms with Gasteiger partial charge in [0.25, 0.3) is 0 Å². The molecule has 10 nitrogen and oxygen atoms in total. The number of rotatable bonds is 8. The molecule has 1 amide bonds. The smallest absolute Gasteiger partial charge is 0.411 e. The van der Waals surface area contributed by atoms with E-state index in [9.17, 15) is 9.59 Å².